The molecule has 1 aromatic heterocycles. The molecular weight excluding hydrogens is 431 g/mol. The van der Waals surface area contributed by atoms with Gasteiger partial charge in [0.15, 0.2) is 0 Å². The molecule has 0 atom stereocenters. The first kappa shape index (κ1) is 20.8. The van der Waals surface area contributed by atoms with Gasteiger partial charge in [0.2, 0.25) is 10.0 Å². The van der Waals surface area contributed by atoms with E-state index < -0.39 is 10.0 Å². The fourth-order valence-corrected chi connectivity index (χ4v) is 5.89. The normalized spacial score (nSPS) is 16.8. The Labute approximate surface area is 186 Å². The number of halogens is 1. The maximum Gasteiger partial charge on any atom is 0.272 e. The third kappa shape index (κ3) is 3.71. The summed E-state index contributed by atoms with van der Waals surface area (Å²) < 4.78 is 42.6. The summed E-state index contributed by atoms with van der Waals surface area (Å²) in [5, 5.41) is 0. The van der Waals surface area contributed by atoms with Crippen molar-refractivity contribution in [3.05, 3.63) is 77.6 Å². The molecule has 1 amide bonds. The molecule has 1 fully saturated rings. The number of hydrogen-bond donors (Lipinski definition) is 0. The number of piperazine rings is 1. The molecule has 2 aromatic carbocycles. The highest BCUT2D eigenvalue weighted by Gasteiger charge is 2.32. The summed E-state index contributed by atoms with van der Waals surface area (Å²) >= 11 is 0. The molecule has 0 radical (unpaired) electrons. The maximum absolute atomic E-state index is 13.2. The second-order valence-corrected chi connectivity index (χ2v) is 10.0. The Morgan fingerprint density at radius 2 is 1.66 bits per heavy atom. The summed E-state index contributed by atoms with van der Waals surface area (Å²) in [5.41, 5.74) is 3.34. The Morgan fingerprint density at radius 1 is 0.938 bits per heavy atom. The standard InChI is InChI=1S/C23H23FN4O3S/c24-19-5-7-20(8-6-19)28-16-25-15-22(28)23(29)26-10-12-27(13-11-26)32(30,31)21-9-4-17-2-1-3-18(17)14-21/h4-9,14-16H,1-3,10-13H2. The lowest BCUT2D eigenvalue weighted by Gasteiger charge is -2.34. The van der Waals surface area contributed by atoms with Crippen LogP contribution in [0, 0.1) is 5.82 Å². The lowest BCUT2D eigenvalue weighted by atomic mass is 10.1. The molecule has 0 unspecified atom stereocenters. The smallest absolute Gasteiger partial charge is 0.272 e. The van der Waals surface area contributed by atoms with Crippen molar-refractivity contribution < 1.29 is 17.6 Å². The van der Waals surface area contributed by atoms with E-state index in [-0.39, 0.29) is 37.9 Å². The molecule has 3 aromatic rings. The summed E-state index contributed by atoms with van der Waals surface area (Å²) in [5.74, 6) is -0.594. The van der Waals surface area contributed by atoms with Gasteiger partial charge in [0.05, 0.1) is 17.4 Å². The largest absolute Gasteiger partial charge is 0.335 e. The topological polar surface area (TPSA) is 75.5 Å². The Morgan fingerprint density at radius 3 is 2.41 bits per heavy atom. The van der Waals surface area contributed by atoms with E-state index in [1.165, 1.54) is 34.5 Å². The Balaban J connectivity index is 1.30. The quantitative estimate of drug-likeness (QED) is 0.608. The number of nitrogens with zero attached hydrogens (tertiary/aromatic N) is 4. The molecule has 5 rings (SSSR count). The van der Waals surface area contributed by atoms with Crippen molar-refractivity contribution in [3.63, 3.8) is 0 Å². The van der Waals surface area contributed by atoms with E-state index >= 15 is 0 Å². The van der Waals surface area contributed by atoms with E-state index in [0.29, 0.717) is 16.3 Å². The number of carbonyl (C=O) groups is 1. The van der Waals surface area contributed by atoms with E-state index in [9.17, 15) is 17.6 Å². The van der Waals surface area contributed by atoms with Crippen LogP contribution in [0.25, 0.3) is 5.69 Å². The van der Waals surface area contributed by atoms with Crippen LogP contribution in [0.1, 0.15) is 28.0 Å². The SMILES string of the molecule is O=C(c1cncn1-c1ccc(F)cc1)N1CCN(S(=O)(=O)c2ccc3c(c2)CCC3)CC1. The number of sulfonamides is 1. The predicted octanol–water partition coefficient (Wildman–Crippen LogP) is 2.65. The highest BCUT2D eigenvalue weighted by Crippen LogP contribution is 2.27. The molecule has 0 spiro atoms. The number of aromatic nitrogens is 2. The van der Waals surface area contributed by atoms with Gasteiger partial charge in [-0.2, -0.15) is 4.31 Å². The van der Waals surface area contributed by atoms with Gasteiger partial charge in [-0.05, 0) is 66.8 Å². The first-order valence-electron chi connectivity index (χ1n) is 10.6. The van der Waals surface area contributed by atoms with Gasteiger partial charge in [0.25, 0.3) is 5.91 Å². The molecule has 2 aliphatic rings. The van der Waals surface area contributed by atoms with Crippen LogP contribution in [0.2, 0.25) is 0 Å². The van der Waals surface area contributed by atoms with Crippen LogP contribution in [-0.2, 0) is 22.9 Å². The zero-order valence-electron chi connectivity index (χ0n) is 17.4. The van der Waals surface area contributed by atoms with Crippen molar-refractivity contribution in [3.8, 4) is 5.69 Å². The number of aryl methyl sites for hydroxylation is 2. The van der Waals surface area contributed by atoms with Crippen molar-refractivity contribution in [2.45, 2.75) is 24.2 Å². The van der Waals surface area contributed by atoms with Gasteiger partial charge in [-0.15, -0.1) is 0 Å². The highest BCUT2D eigenvalue weighted by atomic mass is 32.2. The first-order valence-corrected chi connectivity index (χ1v) is 12.1. The van der Waals surface area contributed by atoms with E-state index in [0.717, 1.165) is 24.8 Å². The van der Waals surface area contributed by atoms with E-state index in [1.807, 2.05) is 6.07 Å². The number of imidazole rings is 1. The van der Waals surface area contributed by atoms with E-state index in [1.54, 1.807) is 33.7 Å². The van der Waals surface area contributed by atoms with Gasteiger partial charge in [-0.3, -0.25) is 9.36 Å². The van der Waals surface area contributed by atoms with E-state index in [4.69, 9.17) is 0 Å². The Kier molecular flexibility index (Phi) is 5.30. The number of carbonyl (C=O) groups excluding carboxylic acids is 1. The molecule has 1 saturated heterocycles. The number of rotatable bonds is 4. The van der Waals surface area contributed by atoms with Gasteiger partial charge in [-0.25, -0.2) is 17.8 Å². The average Bonchev–Trinajstić information content (AvgIpc) is 3.48. The van der Waals surface area contributed by atoms with Gasteiger partial charge in [-0.1, -0.05) is 6.07 Å². The fraction of sp³-hybridized carbons (Fsp3) is 0.304. The minimum Gasteiger partial charge on any atom is -0.335 e. The molecule has 0 N–H and O–H groups in total. The Hall–Kier alpha value is -3.04. The summed E-state index contributed by atoms with van der Waals surface area (Å²) in [6, 6.07) is 11.2. The summed E-state index contributed by atoms with van der Waals surface area (Å²) in [7, 11) is -3.60. The molecule has 32 heavy (non-hydrogen) atoms. The monoisotopic (exact) mass is 454 g/mol. The number of fused-ring (bicyclic) bond motifs is 1. The zero-order valence-corrected chi connectivity index (χ0v) is 18.3. The summed E-state index contributed by atoms with van der Waals surface area (Å²) in [6.07, 6.45) is 5.97. The lowest BCUT2D eigenvalue weighted by Crippen LogP contribution is -2.50. The van der Waals surface area contributed by atoms with Gasteiger partial charge < -0.3 is 4.90 Å². The van der Waals surface area contributed by atoms with Crippen LogP contribution >= 0.6 is 0 Å². The average molecular weight is 455 g/mol. The summed E-state index contributed by atoms with van der Waals surface area (Å²) in [4.78, 5) is 19.1. The van der Waals surface area contributed by atoms with Gasteiger partial charge >= 0.3 is 0 Å². The van der Waals surface area contributed by atoms with Gasteiger partial charge in [0, 0.05) is 31.9 Å². The molecule has 7 nitrogen and oxygen atoms in total. The van der Waals surface area contributed by atoms with Crippen LogP contribution in [0.3, 0.4) is 0 Å². The minimum absolute atomic E-state index is 0.232. The van der Waals surface area contributed by atoms with Crippen LogP contribution in [0.4, 0.5) is 4.39 Å². The summed E-state index contributed by atoms with van der Waals surface area (Å²) in [6.45, 7) is 1.04. The van der Waals surface area contributed by atoms with Gasteiger partial charge in [0.1, 0.15) is 11.5 Å². The maximum atomic E-state index is 13.2. The van der Waals surface area contributed by atoms with Crippen LogP contribution in [0.15, 0.2) is 59.9 Å². The highest BCUT2D eigenvalue weighted by molar-refractivity contribution is 7.89. The molecule has 1 aliphatic heterocycles. The molecule has 0 saturated carbocycles. The minimum atomic E-state index is -3.60. The molecule has 1 aliphatic carbocycles. The van der Waals surface area contributed by atoms with Crippen LogP contribution < -0.4 is 0 Å². The Bertz CT molecular complexity index is 1260. The zero-order chi connectivity index (χ0) is 22.3. The van der Waals surface area contributed by atoms with Crippen molar-refractivity contribution in [2.75, 3.05) is 26.2 Å². The second kappa shape index (κ2) is 8.14. The van der Waals surface area contributed by atoms with Crippen molar-refractivity contribution in [1.29, 1.82) is 0 Å². The van der Waals surface area contributed by atoms with Crippen molar-refractivity contribution in [2.24, 2.45) is 0 Å². The molecule has 0 bridgehead atoms. The lowest BCUT2D eigenvalue weighted by molar-refractivity contribution is 0.0690. The number of hydrogen-bond acceptors (Lipinski definition) is 4. The van der Waals surface area contributed by atoms with Crippen LogP contribution in [0.5, 0.6) is 0 Å². The fourth-order valence-electron chi connectivity index (χ4n) is 4.41. The third-order valence-electron chi connectivity index (χ3n) is 6.20. The first-order chi connectivity index (χ1) is 15.4. The van der Waals surface area contributed by atoms with Crippen molar-refractivity contribution in [1.82, 2.24) is 18.8 Å². The number of benzene rings is 2. The van der Waals surface area contributed by atoms with E-state index in [2.05, 4.69) is 4.98 Å². The third-order valence-corrected chi connectivity index (χ3v) is 8.09. The van der Waals surface area contributed by atoms with Crippen molar-refractivity contribution >= 4 is 15.9 Å². The predicted molar refractivity (Wildman–Crippen MR) is 117 cm³/mol. The molecule has 9 heteroatoms. The molecular formula is C23H23FN4O3S. The number of amides is 1. The van der Waals surface area contributed by atoms with Crippen LogP contribution in [-0.4, -0.2) is 59.3 Å². The molecule has 2 heterocycles. The molecule has 166 valence electrons. The second-order valence-electron chi connectivity index (χ2n) is 8.11.